The number of anilines is 4. The lowest BCUT2D eigenvalue weighted by Gasteiger charge is -2.29. The highest BCUT2D eigenvalue weighted by atomic mass is 16.3. The van der Waals surface area contributed by atoms with Crippen LogP contribution in [-0.4, -0.2) is 4.98 Å². The lowest BCUT2D eigenvalue weighted by Crippen LogP contribution is -2.28. The number of aromatic nitrogens is 1. The Labute approximate surface area is 175 Å². The molecule has 0 bridgehead atoms. The van der Waals surface area contributed by atoms with Gasteiger partial charge in [0, 0.05) is 22.7 Å². The molecule has 6 rings (SSSR count). The summed E-state index contributed by atoms with van der Waals surface area (Å²) in [7, 11) is 0. The minimum Gasteiger partial charge on any atom is -0.454 e. The van der Waals surface area contributed by atoms with Gasteiger partial charge >= 0.3 is 0 Å². The molecule has 4 nitrogen and oxygen atoms in total. The van der Waals surface area contributed by atoms with Gasteiger partial charge in [0.15, 0.2) is 17.6 Å². The van der Waals surface area contributed by atoms with Crippen molar-refractivity contribution in [3.8, 4) is 0 Å². The molecule has 0 amide bonds. The molecular formula is C26H19N3O. The van der Waals surface area contributed by atoms with E-state index in [9.17, 15) is 0 Å². The monoisotopic (exact) mass is 389 g/mol. The predicted octanol–water partition coefficient (Wildman–Crippen LogP) is 6.90. The molecule has 4 heteroatoms. The number of furan rings is 1. The molecule has 1 aliphatic heterocycles. The van der Waals surface area contributed by atoms with E-state index in [-0.39, 0.29) is 0 Å². The predicted molar refractivity (Wildman–Crippen MR) is 122 cm³/mol. The molecule has 0 N–H and O–H groups in total. The van der Waals surface area contributed by atoms with Gasteiger partial charge in [0.05, 0.1) is 11.4 Å². The van der Waals surface area contributed by atoms with Crippen LogP contribution in [0.25, 0.3) is 21.9 Å². The number of para-hydroxylation sites is 2. The number of hydrogen-bond acceptors (Lipinski definition) is 4. The maximum absolute atomic E-state index is 6.36. The molecular weight excluding hydrogens is 370 g/mol. The molecule has 0 aliphatic carbocycles. The van der Waals surface area contributed by atoms with E-state index in [1.165, 1.54) is 0 Å². The van der Waals surface area contributed by atoms with Crippen molar-refractivity contribution in [2.45, 2.75) is 6.92 Å². The number of aryl methyl sites for hydroxylation is 1. The molecule has 0 saturated heterocycles. The first-order valence-corrected chi connectivity index (χ1v) is 9.94. The zero-order valence-electron chi connectivity index (χ0n) is 16.5. The topological polar surface area (TPSA) is 32.5 Å². The van der Waals surface area contributed by atoms with Gasteiger partial charge in [-0.1, -0.05) is 48.5 Å². The number of pyridine rings is 1. The van der Waals surface area contributed by atoms with Crippen molar-refractivity contribution in [3.05, 3.63) is 104 Å². The molecule has 1 aliphatic rings. The first-order valence-electron chi connectivity index (χ1n) is 9.94. The van der Waals surface area contributed by atoms with E-state index in [1.54, 1.807) is 0 Å². The largest absolute Gasteiger partial charge is 0.454 e. The van der Waals surface area contributed by atoms with E-state index < -0.39 is 0 Å². The van der Waals surface area contributed by atoms with Gasteiger partial charge in [0.1, 0.15) is 5.58 Å². The Morgan fingerprint density at radius 3 is 2.47 bits per heavy atom. The highest BCUT2D eigenvalue weighted by molar-refractivity contribution is 6.11. The third-order valence-corrected chi connectivity index (χ3v) is 5.70. The molecule has 0 saturated carbocycles. The van der Waals surface area contributed by atoms with Crippen LogP contribution in [0.4, 0.5) is 22.9 Å². The van der Waals surface area contributed by atoms with E-state index in [1.807, 2.05) is 48.7 Å². The number of benzene rings is 3. The smallest absolute Gasteiger partial charge is 0.167 e. The van der Waals surface area contributed by atoms with Gasteiger partial charge in [-0.2, -0.15) is 0 Å². The number of hydrogen-bond donors (Lipinski definition) is 0. The summed E-state index contributed by atoms with van der Waals surface area (Å²) < 4.78 is 6.36. The summed E-state index contributed by atoms with van der Waals surface area (Å²) >= 11 is 0. The van der Waals surface area contributed by atoms with Crippen molar-refractivity contribution >= 4 is 44.8 Å². The fourth-order valence-corrected chi connectivity index (χ4v) is 4.35. The van der Waals surface area contributed by atoms with E-state index in [0.717, 1.165) is 56.5 Å². The number of nitrogens with zero attached hydrogens (tertiary/aromatic N) is 3. The van der Waals surface area contributed by atoms with E-state index in [2.05, 4.69) is 65.0 Å². The van der Waals surface area contributed by atoms with Crippen LogP contribution in [0.5, 0.6) is 0 Å². The maximum atomic E-state index is 6.36. The van der Waals surface area contributed by atoms with Crippen molar-refractivity contribution in [2.75, 3.05) is 9.80 Å². The Balaban J connectivity index is 1.63. The summed E-state index contributed by atoms with van der Waals surface area (Å²) in [5, 5.41) is 2.22. The summed E-state index contributed by atoms with van der Waals surface area (Å²) in [6.45, 7) is 6.56. The lowest BCUT2D eigenvalue weighted by molar-refractivity contribution is 0.668. The van der Waals surface area contributed by atoms with Crippen LogP contribution in [0.2, 0.25) is 0 Å². The quantitative estimate of drug-likeness (QED) is 0.329. The summed E-state index contributed by atoms with van der Waals surface area (Å²) in [5.74, 6) is 0.862. The summed E-state index contributed by atoms with van der Waals surface area (Å²) in [6, 6.07) is 26.7. The van der Waals surface area contributed by atoms with Crippen molar-refractivity contribution in [1.82, 2.24) is 4.98 Å². The minimum atomic E-state index is 0.825. The van der Waals surface area contributed by atoms with E-state index in [0.29, 0.717) is 0 Å². The number of fused-ring (bicyclic) bond motifs is 4. The molecule has 0 atom stereocenters. The summed E-state index contributed by atoms with van der Waals surface area (Å²) in [4.78, 5) is 8.94. The van der Waals surface area contributed by atoms with Crippen LogP contribution < -0.4 is 9.80 Å². The van der Waals surface area contributed by atoms with Crippen molar-refractivity contribution in [3.63, 3.8) is 0 Å². The molecule has 0 unspecified atom stereocenters. The SMILES string of the molecule is [CH2][C]1N(c2ccccc2)c2ncccc2N1c1c(C)ccc2c1oc1ccccc12. The van der Waals surface area contributed by atoms with E-state index >= 15 is 0 Å². The Bertz CT molecular complexity index is 1390. The second-order valence-corrected chi connectivity index (χ2v) is 7.47. The second-order valence-electron chi connectivity index (χ2n) is 7.47. The van der Waals surface area contributed by atoms with Gasteiger partial charge in [-0.3, -0.25) is 4.90 Å². The molecule has 5 aromatic rings. The molecule has 0 fully saturated rings. The average Bonchev–Trinajstić information content (AvgIpc) is 3.29. The zero-order chi connectivity index (χ0) is 20.2. The molecule has 30 heavy (non-hydrogen) atoms. The van der Waals surface area contributed by atoms with Crippen LogP contribution in [0.1, 0.15) is 5.56 Å². The molecule has 3 aromatic carbocycles. The van der Waals surface area contributed by atoms with Crippen molar-refractivity contribution < 1.29 is 4.42 Å². The zero-order valence-corrected chi connectivity index (χ0v) is 16.5. The van der Waals surface area contributed by atoms with Crippen molar-refractivity contribution in [2.24, 2.45) is 0 Å². The summed E-state index contributed by atoms with van der Waals surface area (Å²) in [5.41, 5.74) is 5.88. The minimum absolute atomic E-state index is 0.825. The molecule has 3 heterocycles. The molecule has 2 aromatic heterocycles. The van der Waals surface area contributed by atoms with Crippen LogP contribution in [0.15, 0.2) is 89.5 Å². The normalized spacial score (nSPS) is 14.1. The highest BCUT2D eigenvalue weighted by Crippen LogP contribution is 2.52. The van der Waals surface area contributed by atoms with Crippen LogP contribution in [-0.2, 0) is 0 Å². The molecule has 0 spiro atoms. The van der Waals surface area contributed by atoms with Crippen LogP contribution in [0, 0.1) is 20.0 Å². The fraction of sp³-hybridized carbons (Fsp3) is 0.0385. The summed E-state index contributed by atoms with van der Waals surface area (Å²) in [6.07, 6.45) is 2.64. The average molecular weight is 389 g/mol. The Morgan fingerprint density at radius 2 is 1.60 bits per heavy atom. The first kappa shape index (κ1) is 17.1. The van der Waals surface area contributed by atoms with Gasteiger partial charge < -0.3 is 9.32 Å². The Hall–Kier alpha value is -3.79. The second kappa shape index (κ2) is 6.36. The number of rotatable bonds is 2. The van der Waals surface area contributed by atoms with E-state index in [4.69, 9.17) is 4.42 Å². The van der Waals surface area contributed by atoms with Crippen LogP contribution in [0.3, 0.4) is 0 Å². The highest BCUT2D eigenvalue weighted by Gasteiger charge is 2.39. The van der Waals surface area contributed by atoms with Gasteiger partial charge in [0.25, 0.3) is 0 Å². The van der Waals surface area contributed by atoms with Crippen LogP contribution >= 0.6 is 0 Å². The molecule has 2 radical (unpaired) electrons. The maximum Gasteiger partial charge on any atom is 0.167 e. The third kappa shape index (κ3) is 2.31. The molecule has 144 valence electrons. The van der Waals surface area contributed by atoms with Gasteiger partial charge in [-0.05, 0) is 49.7 Å². The Morgan fingerprint density at radius 1 is 0.800 bits per heavy atom. The fourth-order valence-electron chi connectivity index (χ4n) is 4.35. The van der Waals surface area contributed by atoms with Gasteiger partial charge in [0.2, 0.25) is 0 Å². The first-order chi connectivity index (χ1) is 14.7. The van der Waals surface area contributed by atoms with Gasteiger partial charge in [-0.15, -0.1) is 0 Å². The lowest BCUT2D eigenvalue weighted by atomic mass is 10.1. The van der Waals surface area contributed by atoms with Crippen molar-refractivity contribution in [1.29, 1.82) is 0 Å². The Kier molecular flexibility index (Phi) is 3.62. The van der Waals surface area contributed by atoms with Gasteiger partial charge in [-0.25, -0.2) is 4.98 Å². The standard InChI is InChI=1S/C26H19N3O/c1-17-14-15-21-20-11-6-7-13-23(20)30-25(21)24(17)29-18(2)28(19-9-4-3-5-10-19)26-22(29)12-8-16-27-26/h3-16H,2H2,1H3. The third-order valence-electron chi connectivity index (χ3n) is 5.70.